The minimum Gasteiger partial charge on any atom is -0.326 e. The van der Waals surface area contributed by atoms with Crippen molar-refractivity contribution in [1.29, 1.82) is 0 Å². The third-order valence-electron chi connectivity index (χ3n) is 4.56. The van der Waals surface area contributed by atoms with Crippen molar-refractivity contribution >= 4 is 50.9 Å². The summed E-state index contributed by atoms with van der Waals surface area (Å²) in [5, 5.41) is 10.8. The largest absolute Gasteiger partial charge is 0.326 e. The van der Waals surface area contributed by atoms with Crippen LogP contribution >= 0.6 is 27.5 Å². The first-order valence-corrected chi connectivity index (χ1v) is 9.81. The summed E-state index contributed by atoms with van der Waals surface area (Å²) < 4.78 is 2.52. The SMILES string of the molecule is Cc1nn2c(c1-c1ccc(Cl)cc1)NC(=O)C2CC(=O)Nc1ccc(Br)cc1. The number of carbonyl (C=O) groups is 2. The van der Waals surface area contributed by atoms with Gasteiger partial charge in [-0.25, -0.2) is 4.68 Å². The average Bonchev–Trinajstić information content (AvgIpc) is 3.12. The molecule has 4 rings (SSSR count). The molecule has 0 spiro atoms. The summed E-state index contributed by atoms with van der Waals surface area (Å²) in [6, 6.07) is 13.9. The van der Waals surface area contributed by atoms with E-state index in [1.807, 2.05) is 31.2 Å². The van der Waals surface area contributed by atoms with Crippen LogP contribution in [0.5, 0.6) is 0 Å². The summed E-state index contributed by atoms with van der Waals surface area (Å²) in [6.07, 6.45) is -0.00389. The number of benzene rings is 2. The molecule has 0 radical (unpaired) electrons. The van der Waals surface area contributed by atoms with Crippen molar-refractivity contribution < 1.29 is 9.59 Å². The topological polar surface area (TPSA) is 76.0 Å². The molecule has 1 aliphatic heterocycles. The van der Waals surface area contributed by atoms with Crippen molar-refractivity contribution in [1.82, 2.24) is 9.78 Å². The Labute approximate surface area is 175 Å². The second-order valence-electron chi connectivity index (χ2n) is 6.52. The molecule has 2 aromatic carbocycles. The molecule has 1 unspecified atom stereocenters. The van der Waals surface area contributed by atoms with Crippen molar-refractivity contribution in [2.24, 2.45) is 0 Å². The van der Waals surface area contributed by atoms with Crippen molar-refractivity contribution in [3.8, 4) is 11.1 Å². The molecule has 6 nitrogen and oxygen atoms in total. The van der Waals surface area contributed by atoms with Crippen LogP contribution < -0.4 is 10.6 Å². The van der Waals surface area contributed by atoms with Gasteiger partial charge in [0, 0.05) is 20.7 Å². The van der Waals surface area contributed by atoms with Crippen molar-refractivity contribution in [3.63, 3.8) is 0 Å². The lowest BCUT2D eigenvalue weighted by molar-refractivity contribution is -0.123. The van der Waals surface area contributed by atoms with Gasteiger partial charge in [0.25, 0.3) is 5.91 Å². The maximum absolute atomic E-state index is 12.5. The van der Waals surface area contributed by atoms with E-state index in [2.05, 4.69) is 31.7 Å². The summed E-state index contributed by atoms with van der Waals surface area (Å²) in [4.78, 5) is 24.9. The second-order valence-corrected chi connectivity index (χ2v) is 7.88. The highest BCUT2D eigenvalue weighted by atomic mass is 79.9. The first kappa shape index (κ1) is 18.7. The molecule has 1 aromatic heterocycles. The Morgan fingerprint density at radius 2 is 1.89 bits per heavy atom. The number of aryl methyl sites for hydroxylation is 1. The molecule has 0 saturated carbocycles. The van der Waals surface area contributed by atoms with E-state index in [1.165, 1.54) is 0 Å². The van der Waals surface area contributed by atoms with Gasteiger partial charge in [0.1, 0.15) is 11.9 Å². The second kappa shape index (κ2) is 7.41. The van der Waals surface area contributed by atoms with Gasteiger partial charge in [-0.3, -0.25) is 9.59 Å². The number of halogens is 2. The number of hydrogen-bond donors (Lipinski definition) is 2. The van der Waals surface area contributed by atoms with Gasteiger partial charge < -0.3 is 10.6 Å². The van der Waals surface area contributed by atoms with Crippen molar-refractivity contribution in [2.45, 2.75) is 19.4 Å². The number of hydrogen-bond acceptors (Lipinski definition) is 3. The highest BCUT2D eigenvalue weighted by Crippen LogP contribution is 2.38. The Morgan fingerprint density at radius 3 is 2.57 bits per heavy atom. The highest BCUT2D eigenvalue weighted by Gasteiger charge is 2.36. The summed E-state index contributed by atoms with van der Waals surface area (Å²) in [7, 11) is 0. The van der Waals surface area contributed by atoms with Crippen LogP contribution in [0.2, 0.25) is 5.02 Å². The van der Waals surface area contributed by atoms with Crippen molar-refractivity contribution in [3.05, 3.63) is 63.7 Å². The number of aromatic nitrogens is 2. The van der Waals surface area contributed by atoms with Gasteiger partial charge >= 0.3 is 0 Å². The lowest BCUT2D eigenvalue weighted by atomic mass is 10.1. The Hall–Kier alpha value is -2.64. The molecule has 0 bridgehead atoms. The predicted octanol–water partition coefficient (Wildman–Crippen LogP) is 4.80. The molecule has 8 heteroatoms. The van der Waals surface area contributed by atoms with Gasteiger partial charge in [-0.1, -0.05) is 39.7 Å². The Bertz CT molecular complexity index is 1060. The van der Waals surface area contributed by atoms with Crippen LogP contribution in [0.4, 0.5) is 11.5 Å². The monoisotopic (exact) mass is 458 g/mol. The molecule has 0 fully saturated rings. The number of anilines is 2. The maximum Gasteiger partial charge on any atom is 0.251 e. The molecule has 2 heterocycles. The fourth-order valence-electron chi connectivity index (χ4n) is 3.27. The third-order valence-corrected chi connectivity index (χ3v) is 5.35. The van der Waals surface area contributed by atoms with Gasteiger partial charge in [-0.05, 0) is 48.9 Å². The van der Waals surface area contributed by atoms with Gasteiger partial charge in [0.05, 0.1) is 12.1 Å². The standard InChI is InChI=1S/C20H16BrClN4O2/c1-11-18(12-2-6-14(22)7-3-12)19-24-20(28)16(26(19)25-11)10-17(27)23-15-8-4-13(21)5-9-15/h2-9,16H,10H2,1H3,(H,23,27)(H,24,28). The maximum atomic E-state index is 12.5. The zero-order chi connectivity index (χ0) is 19.8. The molecule has 3 aromatic rings. The first-order chi connectivity index (χ1) is 13.4. The number of nitrogens with one attached hydrogen (secondary N) is 2. The number of rotatable bonds is 4. The van der Waals surface area contributed by atoms with E-state index in [4.69, 9.17) is 11.6 Å². The number of amides is 2. The van der Waals surface area contributed by atoms with Crippen LogP contribution in [0.3, 0.4) is 0 Å². The van der Waals surface area contributed by atoms with E-state index in [-0.39, 0.29) is 18.2 Å². The smallest absolute Gasteiger partial charge is 0.251 e. The molecular weight excluding hydrogens is 444 g/mol. The van der Waals surface area contributed by atoms with Gasteiger partial charge in [-0.15, -0.1) is 0 Å². The predicted molar refractivity (Wildman–Crippen MR) is 112 cm³/mol. The fraction of sp³-hybridized carbons (Fsp3) is 0.150. The van der Waals surface area contributed by atoms with Crippen LogP contribution in [0.15, 0.2) is 53.0 Å². The summed E-state index contributed by atoms with van der Waals surface area (Å²) in [5.41, 5.74) is 3.19. The van der Waals surface area contributed by atoms with Gasteiger partial charge in [-0.2, -0.15) is 5.10 Å². The van der Waals surface area contributed by atoms with E-state index in [1.54, 1.807) is 28.9 Å². The van der Waals surface area contributed by atoms with Crippen molar-refractivity contribution in [2.75, 3.05) is 10.6 Å². The molecule has 28 heavy (non-hydrogen) atoms. The quantitative estimate of drug-likeness (QED) is 0.588. The molecular formula is C20H16BrClN4O2. The average molecular weight is 460 g/mol. The number of fused-ring (bicyclic) bond motifs is 1. The molecule has 1 aliphatic rings. The van der Waals surface area contributed by atoms with Crippen LogP contribution in [0.1, 0.15) is 18.2 Å². The number of nitrogens with zero attached hydrogens (tertiary/aromatic N) is 2. The van der Waals surface area contributed by atoms with E-state index in [9.17, 15) is 9.59 Å². The first-order valence-electron chi connectivity index (χ1n) is 8.63. The molecule has 0 aliphatic carbocycles. The Morgan fingerprint density at radius 1 is 1.21 bits per heavy atom. The van der Waals surface area contributed by atoms with Gasteiger partial charge in [0.15, 0.2) is 0 Å². The Kier molecular flexibility index (Phi) is 4.95. The van der Waals surface area contributed by atoms with Gasteiger partial charge in [0.2, 0.25) is 5.91 Å². The molecule has 2 amide bonds. The van der Waals surface area contributed by atoms with E-state index in [0.717, 1.165) is 21.3 Å². The zero-order valence-electron chi connectivity index (χ0n) is 14.9. The molecule has 2 N–H and O–H groups in total. The fourth-order valence-corrected chi connectivity index (χ4v) is 3.66. The Balaban J connectivity index is 1.57. The van der Waals surface area contributed by atoms with E-state index < -0.39 is 6.04 Å². The van der Waals surface area contributed by atoms with Crippen LogP contribution in [-0.4, -0.2) is 21.6 Å². The van der Waals surface area contributed by atoms with Crippen LogP contribution in [0, 0.1) is 6.92 Å². The number of carbonyl (C=O) groups excluding carboxylic acids is 2. The minimum absolute atomic E-state index is 0.00389. The highest BCUT2D eigenvalue weighted by molar-refractivity contribution is 9.10. The normalized spacial score (nSPS) is 15.2. The molecule has 142 valence electrons. The summed E-state index contributed by atoms with van der Waals surface area (Å²) >= 11 is 9.33. The van der Waals surface area contributed by atoms with E-state index >= 15 is 0 Å². The molecule has 1 atom stereocenters. The van der Waals surface area contributed by atoms with E-state index in [0.29, 0.717) is 16.5 Å². The van der Waals surface area contributed by atoms with Crippen LogP contribution in [-0.2, 0) is 9.59 Å². The third kappa shape index (κ3) is 3.55. The lowest BCUT2D eigenvalue weighted by Gasteiger charge is -2.10. The summed E-state index contributed by atoms with van der Waals surface area (Å²) in [5.74, 6) is 0.103. The molecule has 0 saturated heterocycles. The lowest BCUT2D eigenvalue weighted by Crippen LogP contribution is -2.23. The minimum atomic E-state index is -0.690. The zero-order valence-corrected chi connectivity index (χ0v) is 17.2. The summed E-state index contributed by atoms with van der Waals surface area (Å²) in [6.45, 7) is 1.88. The van der Waals surface area contributed by atoms with Crippen LogP contribution in [0.25, 0.3) is 11.1 Å².